The van der Waals surface area contributed by atoms with E-state index in [0.29, 0.717) is 39.2 Å². The van der Waals surface area contributed by atoms with Crippen molar-refractivity contribution in [2.75, 3.05) is 19.0 Å². The number of ether oxygens (including phenoxy) is 2. The highest BCUT2D eigenvalue weighted by Gasteiger charge is 2.19. The SMILES string of the molecule is CCOC(=O)c1cnc2c(C#N)cccc2c1Nc1ccccc1OC. The molecule has 0 radical (unpaired) electrons. The first-order valence-electron chi connectivity index (χ1n) is 8.08. The molecule has 1 N–H and O–H groups in total. The summed E-state index contributed by atoms with van der Waals surface area (Å²) in [6.07, 6.45) is 1.43. The van der Waals surface area contributed by atoms with Crippen LogP contribution in [-0.4, -0.2) is 24.7 Å². The van der Waals surface area contributed by atoms with Gasteiger partial charge in [0.2, 0.25) is 0 Å². The maximum atomic E-state index is 12.4. The Balaban J connectivity index is 2.23. The number of hydrogen-bond donors (Lipinski definition) is 1. The van der Waals surface area contributed by atoms with E-state index in [2.05, 4.69) is 16.4 Å². The summed E-state index contributed by atoms with van der Waals surface area (Å²) in [5, 5.41) is 13.2. The monoisotopic (exact) mass is 347 g/mol. The van der Waals surface area contributed by atoms with Crippen molar-refractivity contribution in [3.63, 3.8) is 0 Å². The molecule has 0 aliphatic carbocycles. The van der Waals surface area contributed by atoms with Crippen LogP contribution in [0.5, 0.6) is 5.75 Å². The first-order chi connectivity index (χ1) is 12.7. The van der Waals surface area contributed by atoms with Crippen LogP contribution in [0.25, 0.3) is 10.9 Å². The molecule has 3 aromatic rings. The average Bonchev–Trinajstić information content (AvgIpc) is 2.68. The van der Waals surface area contributed by atoms with Gasteiger partial charge in [-0.25, -0.2) is 4.79 Å². The number of benzene rings is 2. The van der Waals surface area contributed by atoms with E-state index in [1.165, 1.54) is 6.20 Å². The molecule has 26 heavy (non-hydrogen) atoms. The van der Waals surface area contributed by atoms with Crippen LogP contribution < -0.4 is 10.1 Å². The predicted octanol–water partition coefficient (Wildman–Crippen LogP) is 4.04. The lowest BCUT2D eigenvalue weighted by molar-refractivity contribution is 0.0527. The molecule has 0 saturated heterocycles. The topological polar surface area (TPSA) is 84.2 Å². The number of carbonyl (C=O) groups excluding carboxylic acids is 1. The molecule has 0 atom stereocenters. The maximum Gasteiger partial charge on any atom is 0.341 e. The second-order valence-electron chi connectivity index (χ2n) is 5.41. The van der Waals surface area contributed by atoms with Gasteiger partial charge in [0, 0.05) is 11.6 Å². The van der Waals surface area contributed by atoms with Crippen LogP contribution in [-0.2, 0) is 4.74 Å². The minimum atomic E-state index is -0.485. The van der Waals surface area contributed by atoms with E-state index >= 15 is 0 Å². The predicted molar refractivity (Wildman–Crippen MR) is 98.7 cm³/mol. The molecule has 0 aliphatic heterocycles. The number of anilines is 2. The second kappa shape index (κ2) is 7.53. The van der Waals surface area contributed by atoms with Crippen LogP contribution in [0.15, 0.2) is 48.7 Å². The van der Waals surface area contributed by atoms with Crippen molar-refractivity contribution < 1.29 is 14.3 Å². The van der Waals surface area contributed by atoms with Gasteiger partial charge in [0.25, 0.3) is 0 Å². The van der Waals surface area contributed by atoms with E-state index in [9.17, 15) is 10.1 Å². The third kappa shape index (κ3) is 3.15. The highest BCUT2D eigenvalue weighted by molar-refractivity contribution is 6.07. The van der Waals surface area contributed by atoms with Gasteiger partial charge >= 0.3 is 5.97 Å². The summed E-state index contributed by atoms with van der Waals surface area (Å²) in [5.74, 6) is 0.144. The largest absolute Gasteiger partial charge is 0.495 e. The van der Waals surface area contributed by atoms with Crippen LogP contribution in [0.3, 0.4) is 0 Å². The molecular weight excluding hydrogens is 330 g/mol. The van der Waals surface area contributed by atoms with E-state index in [-0.39, 0.29) is 6.61 Å². The molecule has 2 aromatic carbocycles. The van der Waals surface area contributed by atoms with Gasteiger partial charge in [0.05, 0.1) is 36.2 Å². The lowest BCUT2D eigenvalue weighted by Gasteiger charge is -2.16. The summed E-state index contributed by atoms with van der Waals surface area (Å²) >= 11 is 0. The molecule has 3 rings (SSSR count). The van der Waals surface area contributed by atoms with Crippen LogP contribution in [0.4, 0.5) is 11.4 Å². The van der Waals surface area contributed by atoms with Crippen LogP contribution in [0, 0.1) is 11.3 Å². The molecule has 0 bridgehead atoms. The number of carbonyl (C=O) groups is 1. The molecule has 130 valence electrons. The van der Waals surface area contributed by atoms with Crippen LogP contribution >= 0.6 is 0 Å². The van der Waals surface area contributed by atoms with Crippen molar-refractivity contribution in [1.29, 1.82) is 5.26 Å². The Bertz CT molecular complexity index is 1010. The van der Waals surface area contributed by atoms with Gasteiger partial charge in [0.15, 0.2) is 0 Å². The molecule has 0 spiro atoms. The van der Waals surface area contributed by atoms with Gasteiger partial charge in [-0.3, -0.25) is 4.98 Å². The Kier molecular flexibility index (Phi) is 4.99. The molecule has 0 unspecified atom stereocenters. The average molecular weight is 347 g/mol. The molecule has 1 heterocycles. The summed E-state index contributed by atoms with van der Waals surface area (Å²) in [6, 6.07) is 14.8. The van der Waals surface area contributed by atoms with Gasteiger partial charge in [0.1, 0.15) is 17.4 Å². The van der Waals surface area contributed by atoms with Crippen molar-refractivity contribution >= 4 is 28.2 Å². The fraction of sp³-hybridized carbons (Fsp3) is 0.150. The number of nitriles is 1. The lowest BCUT2D eigenvalue weighted by Crippen LogP contribution is -2.10. The number of hydrogen-bond acceptors (Lipinski definition) is 6. The van der Waals surface area contributed by atoms with E-state index < -0.39 is 5.97 Å². The smallest absolute Gasteiger partial charge is 0.341 e. The van der Waals surface area contributed by atoms with Gasteiger partial charge < -0.3 is 14.8 Å². The van der Waals surface area contributed by atoms with E-state index in [1.807, 2.05) is 30.3 Å². The van der Waals surface area contributed by atoms with Crippen molar-refractivity contribution in [1.82, 2.24) is 4.98 Å². The van der Waals surface area contributed by atoms with Crippen molar-refractivity contribution in [3.05, 3.63) is 59.8 Å². The van der Waals surface area contributed by atoms with E-state index in [4.69, 9.17) is 9.47 Å². The van der Waals surface area contributed by atoms with E-state index in [1.54, 1.807) is 26.2 Å². The van der Waals surface area contributed by atoms with Crippen molar-refractivity contribution in [3.8, 4) is 11.8 Å². The minimum absolute atomic E-state index is 0.253. The number of para-hydroxylation sites is 3. The fourth-order valence-electron chi connectivity index (χ4n) is 2.69. The minimum Gasteiger partial charge on any atom is -0.495 e. The summed E-state index contributed by atoms with van der Waals surface area (Å²) in [7, 11) is 1.57. The summed E-state index contributed by atoms with van der Waals surface area (Å²) < 4.78 is 10.5. The quantitative estimate of drug-likeness (QED) is 0.701. The molecule has 6 heteroatoms. The number of rotatable bonds is 5. The third-order valence-corrected chi connectivity index (χ3v) is 3.88. The number of fused-ring (bicyclic) bond motifs is 1. The highest BCUT2D eigenvalue weighted by Crippen LogP contribution is 2.34. The fourth-order valence-corrected chi connectivity index (χ4v) is 2.69. The third-order valence-electron chi connectivity index (χ3n) is 3.88. The van der Waals surface area contributed by atoms with Gasteiger partial charge in [-0.15, -0.1) is 0 Å². The van der Waals surface area contributed by atoms with E-state index in [0.717, 1.165) is 0 Å². The first kappa shape index (κ1) is 17.2. The summed E-state index contributed by atoms with van der Waals surface area (Å²) in [5.41, 5.74) is 2.45. The van der Waals surface area contributed by atoms with Gasteiger partial charge in [-0.1, -0.05) is 24.3 Å². The zero-order valence-electron chi connectivity index (χ0n) is 14.4. The van der Waals surface area contributed by atoms with Crippen molar-refractivity contribution in [2.24, 2.45) is 0 Å². The zero-order chi connectivity index (χ0) is 18.5. The number of methoxy groups -OCH3 is 1. The Hall–Kier alpha value is -3.59. The number of nitrogens with one attached hydrogen (secondary N) is 1. The summed E-state index contributed by atoms with van der Waals surface area (Å²) in [6.45, 7) is 2.00. The van der Waals surface area contributed by atoms with Crippen molar-refractivity contribution in [2.45, 2.75) is 6.92 Å². The lowest BCUT2D eigenvalue weighted by atomic mass is 10.1. The van der Waals surface area contributed by atoms with Crippen LogP contribution in [0.1, 0.15) is 22.8 Å². The number of aromatic nitrogens is 1. The maximum absolute atomic E-state index is 12.4. The zero-order valence-corrected chi connectivity index (χ0v) is 14.4. The normalized spacial score (nSPS) is 10.2. The standard InChI is InChI=1S/C20H17N3O3/c1-3-26-20(24)15-12-22-18-13(11-21)7-6-8-14(18)19(15)23-16-9-4-5-10-17(16)25-2/h4-10,12H,3H2,1-2H3,(H,22,23). The molecule has 0 saturated carbocycles. The highest BCUT2D eigenvalue weighted by atomic mass is 16.5. The molecule has 6 nitrogen and oxygen atoms in total. The number of esters is 1. The van der Waals surface area contributed by atoms with Crippen LogP contribution in [0.2, 0.25) is 0 Å². The Morgan fingerprint density at radius 2 is 2.04 bits per heavy atom. The van der Waals surface area contributed by atoms with Gasteiger partial charge in [-0.05, 0) is 25.1 Å². The Morgan fingerprint density at radius 3 is 2.77 bits per heavy atom. The Morgan fingerprint density at radius 1 is 1.23 bits per heavy atom. The second-order valence-corrected chi connectivity index (χ2v) is 5.41. The molecule has 0 amide bonds. The molecule has 0 fully saturated rings. The number of pyridine rings is 1. The van der Waals surface area contributed by atoms with Gasteiger partial charge in [-0.2, -0.15) is 5.26 Å². The molecule has 0 aliphatic rings. The molecular formula is C20H17N3O3. The first-order valence-corrected chi connectivity index (χ1v) is 8.08. The number of nitrogens with zero attached hydrogens (tertiary/aromatic N) is 2. The molecule has 1 aromatic heterocycles. The summed E-state index contributed by atoms with van der Waals surface area (Å²) in [4.78, 5) is 16.7. The Labute approximate surface area is 151 Å².